The van der Waals surface area contributed by atoms with E-state index in [9.17, 15) is 4.79 Å². The van der Waals surface area contributed by atoms with Gasteiger partial charge >= 0.3 is 5.97 Å². The summed E-state index contributed by atoms with van der Waals surface area (Å²) in [6.07, 6.45) is 5.91. The highest BCUT2D eigenvalue weighted by Gasteiger charge is 1.96. The molecule has 1 aromatic rings. The fourth-order valence-electron chi connectivity index (χ4n) is 0.940. The first-order chi connectivity index (χ1) is 7.72. The summed E-state index contributed by atoms with van der Waals surface area (Å²) in [5.41, 5.74) is 0.331. The van der Waals surface area contributed by atoms with Crippen molar-refractivity contribution in [1.29, 1.82) is 0 Å². The van der Waals surface area contributed by atoms with E-state index < -0.39 is 5.97 Å². The average molecular weight is 222 g/mol. The van der Waals surface area contributed by atoms with Gasteiger partial charge < -0.3 is 10.2 Å². The van der Waals surface area contributed by atoms with Gasteiger partial charge in [-0.3, -0.25) is 0 Å². The molecule has 0 saturated carbocycles. The lowest BCUT2D eigenvalue weighted by Gasteiger charge is -1.88. The van der Waals surface area contributed by atoms with Crippen molar-refractivity contribution in [1.82, 2.24) is 0 Å². The number of carboxylic acid groups (broad SMARTS) is 1. The predicted molar refractivity (Wildman–Crippen MR) is 64.5 cm³/mol. The van der Waals surface area contributed by atoms with Crippen molar-refractivity contribution in [3.63, 3.8) is 0 Å². The number of allylic oxidation sites excluding steroid dienone is 1. The number of carbonyl (C=O) groups is 1. The van der Waals surface area contributed by atoms with Crippen LogP contribution in [0.1, 0.15) is 30.1 Å². The van der Waals surface area contributed by atoms with E-state index in [1.165, 1.54) is 0 Å². The zero-order valence-corrected chi connectivity index (χ0v) is 9.47. The van der Waals surface area contributed by atoms with Crippen LogP contribution in [0.3, 0.4) is 0 Å². The summed E-state index contributed by atoms with van der Waals surface area (Å²) >= 11 is 0. The number of hydrogen-bond acceptors (Lipinski definition) is 2. The van der Waals surface area contributed by atoms with E-state index in [1.807, 2.05) is 6.08 Å². The van der Waals surface area contributed by atoms with E-state index in [4.69, 9.17) is 10.2 Å². The minimum Gasteiger partial charge on any atom is -0.478 e. The minimum absolute atomic E-state index is 0.274. The van der Waals surface area contributed by atoms with Gasteiger partial charge in [0.05, 0.1) is 5.56 Å². The molecule has 0 amide bonds. The quantitative estimate of drug-likeness (QED) is 0.770. The molecule has 88 valence electrons. The van der Waals surface area contributed by atoms with Crippen LogP contribution in [-0.4, -0.2) is 22.8 Å². The van der Waals surface area contributed by atoms with Crippen LogP contribution >= 0.6 is 0 Å². The molecule has 1 aromatic carbocycles. The van der Waals surface area contributed by atoms with Gasteiger partial charge in [0.25, 0.3) is 0 Å². The largest absolute Gasteiger partial charge is 0.478 e. The summed E-state index contributed by atoms with van der Waals surface area (Å²) in [5.74, 6) is -0.879. The fraction of sp³-hybridized carbons (Fsp3) is 0.308. The van der Waals surface area contributed by atoms with Gasteiger partial charge in [-0.1, -0.05) is 37.3 Å². The number of carboxylic acids is 1. The van der Waals surface area contributed by atoms with Gasteiger partial charge in [0, 0.05) is 6.61 Å². The predicted octanol–water partition coefficient (Wildman–Crippen LogP) is 2.72. The molecule has 1 rings (SSSR count). The van der Waals surface area contributed by atoms with Gasteiger partial charge in [-0.15, -0.1) is 0 Å². The Morgan fingerprint density at radius 1 is 1.25 bits per heavy atom. The van der Waals surface area contributed by atoms with Gasteiger partial charge in [-0.2, -0.15) is 0 Å². The van der Waals surface area contributed by atoms with E-state index in [-0.39, 0.29) is 6.61 Å². The second-order valence-electron chi connectivity index (χ2n) is 3.06. The minimum atomic E-state index is -0.879. The van der Waals surface area contributed by atoms with Crippen molar-refractivity contribution in [2.24, 2.45) is 0 Å². The van der Waals surface area contributed by atoms with Gasteiger partial charge in [0.15, 0.2) is 0 Å². The van der Waals surface area contributed by atoms with Gasteiger partial charge in [-0.05, 0) is 25.0 Å². The van der Waals surface area contributed by atoms with Crippen LogP contribution < -0.4 is 0 Å². The lowest BCUT2D eigenvalue weighted by molar-refractivity contribution is 0.0697. The van der Waals surface area contributed by atoms with Crippen LogP contribution in [-0.2, 0) is 0 Å². The summed E-state index contributed by atoms with van der Waals surface area (Å²) in [4.78, 5) is 10.2. The standard InChI is InChI=1S/C7H6O2.C6H12O/c8-7(9)6-4-2-1-3-5-6;1-2-3-4-5-6-7/h1-5H,(H,8,9);3-4,7H,2,5-6H2,1H3/b;4-3-. The smallest absolute Gasteiger partial charge is 0.335 e. The summed E-state index contributed by atoms with van der Waals surface area (Å²) in [6, 6.07) is 8.30. The van der Waals surface area contributed by atoms with Crippen molar-refractivity contribution in [3.05, 3.63) is 48.0 Å². The molecule has 0 saturated heterocycles. The van der Waals surface area contributed by atoms with E-state index in [1.54, 1.807) is 30.3 Å². The third-order valence-electron chi connectivity index (χ3n) is 1.72. The SMILES string of the molecule is CC/C=C\CCO.O=C(O)c1ccccc1. The molecular weight excluding hydrogens is 204 g/mol. The van der Waals surface area contributed by atoms with Gasteiger partial charge in [0.2, 0.25) is 0 Å². The first kappa shape index (κ1) is 14.4. The Bertz CT molecular complexity index is 304. The molecule has 0 atom stereocenters. The topological polar surface area (TPSA) is 57.5 Å². The Labute approximate surface area is 96.1 Å². The molecule has 0 aliphatic rings. The first-order valence-corrected chi connectivity index (χ1v) is 5.26. The highest BCUT2D eigenvalue weighted by Crippen LogP contribution is 1.96. The molecule has 0 unspecified atom stereocenters. The second kappa shape index (κ2) is 9.93. The molecule has 0 aliphatic carbocycles. The van der Waals surface area contributed by atoms with Crippen molar-refractivity contribution < 1.29 is 15.0 Å². The van der Waals surface area contributed by atoms with Crippen molar-refractivity contribution in [3.8, 4) is 0 Å². The van der Waals surface area contributed by atoms with Crippen LogP contribution in [0.15, 0.2) is 42.5 Å². The number of rotatable bonds is 4. The Morgan fingerprint density at radius 2 is 1.88 bits per heavy atom. The molecule has 3 heteroatoms. The third kappa shape index (κ3) is 7.76. The fourth-order valence-corrected chi connectivity index (χ4v) is 0.940. The second-order valence-corrected chi connectivity index (χ2v) is 3.06. The number of benzene rings is 1. The van der Waals surface area contributed by atoms with Crippen LogP contribution in [0.4, 0.5) is 0 Å². The van der Waals surface area contributed by atoms with Gasteiger partial charge in [0.1, 0.15) is 0 Å². The molecule has 0 aromatic heterocycles. The maximum atomic E-state index is 10.2. The molecule has 0 aliphatic heterocycles. The lowest BCUT2D eigenvalue weighted by Crippen LogP contribution is -1.93. The maximum Gasteiger partial charge on any atom is 0.335 e. The molecule has 0 spiro atoms. The van der Waals surface area contributed by atoms with Crippen molar-refractivity contribution in [2.45, 2.75) is 19.8 Å². The van der Waals surface area contributed by atoms with Crippen LogP contribution in [0.25, 0.3) is 0 Å². The molecule has 2 N–H and O–H groups in total. The van der Waals surface area contributed by atoms with Crippen LogP contribution in [0.2, 0.25) is 0 Å². The first-order valence-electron chi connectivity index (χ1n) is 5.26. The Hall–Kier alpha value is -1.61. The highest BCUT2D eigenvalue weighted by atomic mass is 16.4. The van der Waals surface area contributed by atoms with Crippen LogP contribution in [0.5, 0.6) is 0 Å². The number of hydrogen-bond donors (Lipinski definition) is 2. The lowest BCUT2D eigenvalue weighted by atomic mass is 10.2. The Balaban J connectivity index is 0.000000293. The van der Waals surface area contributed by atoms with Gasteiger partial charge in [-0.25, -0.2) is 4.79 Å². The highest BCUT2D eigenvalue weighted by molar-refractivity contribution is 5.87. The molecule has 3 nitrogen and oxygen atoms in total. The molecule has 0 fully saturated rings. The monoisotopic (exact) mass is 222 g/mol. The summed E-state index contributed by atoms with van der Waals surface area (Å²) in [5, 5.41) is 16.6. The normalized spacial score (nSPS) is 9.62. The number of aromatic carboxylic acids is 1. The summed E-state index contributed by atoms with van der Waals surface area (Å²) in [7, 11) is 0. The van der Waals surface area contributed by atoms with Crippen molar-refractivity contribution in [2.75, 3.05) is 6.61 Å². The van der Waals surface area contributed by atoms with E-state index in [0.29, 0.717) is 5.56 Å². The van der Waals surface area contributed by atoms with E-state index in [0.717, 1.165) is 12.8 Å². The third-order valence-corrected chi connectivity index (χ3v) is 1.72. The molecule has 16 heavy (non-hydrogen) atoms. The Morgan fingerprint density at radius 3 is 2.25 bits per heavy atom. The molecule has 0 heterocycles. The summed E-state index contributed by atoms with van der Waals surface area (Å²) < 4.78 is 0. The van der Waals surface area contributed by atoms with Crippen molar-refractivity contribution >= 4 is 5.97 Å². The maximum absolute atomic E-state index is 10.2. The molecule has 0 radical (unpaired) electrons. The molecular formula is C13H18O3. The Kier molecular flexibility index (Phi) is 8.93. The zero-order valence-electron chi connectivity index (χ0n) is 9.47. The molecule has 0 bridgehead atoms. The van der Waals surface area contributed by atoms with Crippen LogP contribution in [0, 0.1) is 0 Å². The van der Waals surface area contributed by atoms with E-state index >= 15 is 0 Å². The number of aliphatic hydroxyl groups is 1. The zero-order chi connectivity index (χ0) is 12.2. The summed E-state index contributed by atoms with van der Waals surface area (Å²) in [6.45, 7) is 2.35. The average Bonchev–Trinajstić information content (AvgIpc) is 2.32. The number of aliphatic hydroxyl groups excluding tert-OH is 1. The van der Waals surface area contributed by atoms with E-state index in [2.05, 4.69) is 13.0 Å².